The largest absolute Gasteiger partial charge is 0.322 e. The third kappa shape index (κ3) is 3.63. The van der Waals surface area contributed by atoms with Crippen LogP contribution in [0.3, 0.4) is 0 Å². The van der Waals surface area contributed by atoms with Crippen LogP contribution in [0.2, 0.25) is 5.02 Å². The van der Waals surface area contributed by atoms with Crippen molar-refractivity contribution in [2.75, 3.05) is 5.32 Å². The summed E-state index contributed by atoms with van der Waals surface area (Å²) in [4.78, 5) is 13.7. The van der Waals surface area contributed by atoms with Crippen LogP contribution < -0.4 is 5.32 Å². The lowest BCUT2D eigenvalue weighted by Gasteiger charge is -2.08. The number of anilines is 1. The van der Waals surface area contributed by atoms with Gasteiger partial charge < -0.3 is 5.32 Å². The number of aromatic nitrogens is 2. The molecular formula is C18H16ClN3OS. The first kappa shape index (κ1) is 16.6. The van der Waals surface area contributed by atoms with Gasteiger partial charge in [0.25, 0.3) is 5.91 Å². The van der Waals surface area contributed by atoms with E-state index in [1.165, 1.54) is 11.8 Å². The first-order valence-electron chi connectivity index (χ1n) is 7.38. The molecule has 0 spiro atoms. The fourth-order valence-corrected chi connectivity index (χ4v) is 3.70. The number of hydrogen-bond acceptors (Lipinski definition) is 3. The van der Waals surface area contributed by atoms with Crippen LogP contribution in [0.5, 0.6) is 0 Å². The lowest BCUT2D eigenvalue weighted by Crippen LogP contribution is -2.13. The first-order valence-corrected chi connectivity index (χ1v) is 8.57. The molecule has 122 valence electrons. The molecule has 0 saturated heterocycles. The molecule has 0 aliphatic rings. The Morgan fingerprint density at radius 3 is 2.62 bits per heavy atom. The highest BCUT2D eigenvalue weighted by atomic mass is 35.5. The van der Waals surface area contributed by atoms with Gasteiger partial charge in [0.2, 0.25) is 0 Å². The maximum absolute atomic E-state index is 12.7. The van der Waals surface area contributed by atoms with Crippen molar-refractivity contribution in [1.29, 1.82) is 0 Å². The maximum atomic E-state index is 12.7. The summed E-state index contributed by atoms with van der Waals surface area (Å²) in [5, 5.41) is 8.75. The fraction of sp³-hybridized carbons (Fsp3) is 0.111. The number of carbonyl (C=O) groups is 1. The fourth-order valence-electron chi connectivity index (χ4n) is 2.37. The Bertz CT molecular complexity index is 877. The van der Waals surface area contributed by atoms with Crippen molar-refractivity contribution in [3.8, 4) is 0 Å². The van der Waals surface area contributed by atoms with Crippen molar-refractivity contribution in [3.05, 3.63) is 70.9 Å². The summed E-state index contributed by atoms with van der Waals surface area (Å²) in [7, 11) is 1.83. The van der Waals surface area contributed by atoms with Crippen molar-refractivity contribution in [1.82, 2.24) is 9.78 Å². The van der Waals surface area contributed by atoms with Crippen molar-refractivity contribution in [2.24, 2.45) is 7.05 Å². The SMILES string of the molecule is Cc1nn(C)c(Sc2cccc(Cl)c2)c1C(=O)Nc1ccccc1. The molecule has 0 radical (unpaired) electrons. The van der Waals surface area contributed by atoms with E-state index in [4.69, 9.17) is 11.6 Å². The van der Waals surface area contributed by atoms with Crippen LogP contribution in [-0.2, 0) is 7.05 Å². The quantitative estimate of drug-likeness (QED) is 0.730. The van der Waals surface area contributed by atoms with Gasteiger partial charge in [-0.05, 0) is 37.3 Å². The van der Waals surface area contributed by atoms with E-state index in [1.807, 2.05) is 68.6 Å². The smallest absolute Gasteiger partial charge is 0.260 e. The highest BCUT2D eigenvalue weighted by molar-refractivity contribution is 7.99. The summed E-state index contributed by atoms with van der Waals surface area (Å²) in [5.74, 6) is -0.170. The molecule has 3 aromatic rings. The molecule has 1 N–H and O–H groups in total. The Morgan fingerprint density at radius 1 is 1.17 bits per heavy atom. The molecule has 4 nitrogen and oxygen atoms in total. The molecule has 0 bridgehead atoms. The summed E-state index contributed by atoms with van der Waals surface area (Å²) in [6, 6.07) is 16.9. The monoisotopic (exact) mass is 357 g/mol. The zero-order valence-corrected chi connectivity index (χ0v) is 14.9. The van der Waals surface area contributed by atoms with Gasteiger partial charge in [-0.1, -0.05) is 47.6 Å². The number of hydrogen-bond donors (Lipinski definition) is 1. The Kier molecular flexibility index (Phi) is 4.92. The third-order valence-corrected chi connectivity index (χ3v) is 4.83. The second kappa shape index (κ2) is 7.11. The Morgan fingerprint density at radius 2 is 1.92 bits per heavy atom. The average Bonchev–Trinajstić information content (AvgIpc) is 2.82. The van der Waals surface area contributed by atoms with Gasteiger partial charge in [0.1, 0.15) is 5.03 Å². The lowest BCUT2D eigenvalue weighted by molar-refractivity contribution is 0.102. The van der Waals surface area contributed by atoms with Gasteiger partial charge >= 0.3 is 0 Å². The Balaban J connectivity index is 1.92. The minimum atomic E-state index is -0.170. The molecule has 0 aliphatic heterocycles. The van der Waals surface area contributed by atoms with Gasteiger partial charge in [-0.2, -0.15) is 5.10 Å². The molecule has 1 amide bonds. The number of benzene rings is 2. The minimum Gasteiger partial charge on any atom is -0.322 e. The highest BCUT2D eigenvalue weighted by Gasteiger charge is 2.21. The number of halogens is 1. The molecule has 0 fully saturated rings. The zero-order chi connectivity index (χ0) is 17.1. The van der Waals surface area contributed by atoms with Crippen molar-refractivity contribution >= 4 is 35.0 Å². The Hall–Kier alpha value is -2.24. The lowest BCUT2D eigenvalue weighted by atomic mass is 10.2. The van der Waals surface area contributed by atoms with E-state index >= 15 is 0 Å². The van der Waals surface area contributed by atoms with Gasteiger partial charge in [0, 0.05) is 22.7 Å². The molecule has 3 rings (SSSR count). The van der Waals surface area contributed by atoms with Crippen LogP contribution in [0.4, 0.5) is 5.69 Å². The number of nitrogens with one attached hydrogen (secondary N) is 1. The molecule has 0 saturated carbocycles. The molecule has 24 heavy (non-hydrogen) atoms. The van der Waals surface area contributed by atoms with Crippen LogP contribution in [0.15, 0.2) is 64.5 Å². The highest BCUT2D eigenvalue weighted by Crippen LogP contribution is 2.33. The maximum Gasteiger partial charge on any atom is 0.260 e. The van der Waals surface area contributed by atoms with Gasteiger partial charge in [-0.25, -0.2) is 0 Å². The summed E-state index contributed by atoms with van der Waals surface area (Å²) >= 11 is 7.52. The van der Waals surface area contributed by atoms with Gasteiger partial charge in [0.05, 0.1) is 11.3 Å². The van der Waals surface area contributed by atoms with E-state index in [0.717, 1.165) is 15.6 Å². The van der Waals surface area contributed by atoms with E-state index in [-0.39, 0.29) is 5.91 Å². The van der Waals surface area contributed by atoms with Crippen LogP contribution in [0.25, 0.3) is 0 Å². The number of amides is 1. The van der Waals surface area contributed by atoms with E-state index in [2.05, 4.69) is 10.4 Å². The molecule has 1 heterocycles. The van der Waals surface area contributed by atoms with Crippen molar-refractivity contribution in [3.63, 3.8) is 0 Å². The van der Waals surface area contributed by atoms with Gasteiger partial charge in [0.15, 0.2) is 0 Å². The van der Waals surface area contributed by atoms with Crippen LogP contribution in [0.1, 0.15) is 16.1 Å². The van der Waals surface area contributed by atoms with E-state index in [0.29, 0.717) is 16.3 Å². The van der Waals surface area contributed by atoms with Crippen molar-refractivity contribution in [2.45, 2.75) is 16.8 Å². The number of aryl methyl sites for hydroxylation is 2. The standard InChI is InChI=1S/C18H16ClN3OS/c1-12-16(17(23)20-14-8-4-3-5-9-14)18(22(2)21-12)24-15-10-6-7-13(19)11-15/h3-11H,1-2H3,(H,20,23). The molecule has 1 aromatic heterocycles. The molecule has 0 atom stereocenters. The summed E-state index contributed by atoms with van der Waals surface area (Å²) in [6.07, 6.45) is 0. The molecular weight excluding hydrogens is 342 g/mol. The summed E-state index contributed by atoms with van der Waals surface area (Å²) < 4.78 is 1.72. The second-order valence-electron chi connectivity index (χ2n) is 5.27. The normalized spacial score (nSPS) is 10.6. The van der Waals surface area contributed by atoms with Crippen LogP contribution in [0, 0.1) is 6.92 Å². The van der Waals surface area contributed by atoms with E-state index in [1.54, 1.807) is 4.68 Å². The summed E-state index contributed by atoms with van der Waals surface area (Å²) in [5.41, 5.74) is 2.02. The van der Waals surface area contributed by atoms with Gasteiger partial charge in [-0.3, -0.25) is 9.48 Å². The topological polar surface area (TPSA) is 46.9 Å². The molecule has 0 unspecified atom stereocenters. The van der Waals surface area contributed by atoms with Crippen LogP contribution in [-0.4, -0.2) is 15.7 Å². The van der Waals surface area contributed by atoms with E-state index < -0.39 is 0 Å². The summed E-state index contributed by atoms with van der Waals surface area (Å²) in [6.45, 7) is 1.84. The molecule has 0 aliphatic carbocycles. The average molecular weight is 358 g/mol. The van der Waals surface area contributed by atoms with Gasteiger partial charge in [-0.15, -0.1) is 0 Å². The second-order valence-corrected chi connectivity index (χ2v) is 6.77. The minimum absolute atomic E-state index is 0.170. The Labute approximate surface area is 149 Å². The molecule has 6 heteroatoms. The predicted molar refractivity (Wildman–Crippen MR) is 97.9 cm³/mol. The number of carbonyl (C=O) groups excluding carboxylic acids is 1. The zero-order valence-electron chi connectivity index (χ0n) is 13.3. The number of nitrogens with zero attached hydrogens (tertiary/aromatic N) is 2. The van der Waals surface area contributed by atoms with Crippen LogP contribution >= 0.6 is 23.4 Å². The number of rotatable bonds is 4. The van der Waals surface area contributed by atoms with E-state index in [9.17, 15) is 4.79 Å². The number of para-hydroxylation sites is 1. The molecule has 2 aromatic carbocycles. The van der Waals surface area contributed by atoms with Crippen molar-refractivity contribution < 1.29 is 4.79 Å². The first-order chi connectivity index (χ1) is 11.5. The predicted octanol–water partition coefficient (Wildman–Crippen LogP) is 4.79. The third-order valence-electron chi connectivity index (χ3n) is 3.44.